The zero-order valence-corrected chi connectivity index (χ0v) is 18.8. The number of piperidine rings is 1. The van der Waals surface area contributed by atoms with Crippen LogP contribution in [0.2, 0.25) is 0 Å². The number of carbonyl (C=O) groups is 1. The molecule has 0 spiro atoms. The predicted molar refractivity (Wildman–Crippen MR) is 128 cm³/mol. The lowest BCUT2D eigenvalue weighted by Crippen LogP contribution is -2.46. The Morgan fingerprint density at radius 3 is 2.62 bits per heavy atom. The Morgan fingerprint density at radius 1 is 0.971 bits per heavy atom. The van der Waals surface area contributed by atoms with E-state index in [9.17, 15) is 9.18 Å². The Balaban J connectivity index is 1.35. The first-order valence-electron chi connectivity index (χ1n) is 11.8. The molecule has 4 heterocycles. The summed E-state index contributed by atoms with van der Waals surface area (Å²) in [4.78, 5) is 21.5. The van der Waals surface area contributed by atoms with Gasteiger partial charge in [-0.15, -0.1) is 5.10 Å². The normalized spacial score (nSPS) is 18.4. The molecular weight excluding hydrogens is 433 g/mol. The summed E-state index contributed by atoms with van der Waals surface area (Å²) >= 11 is 0. The van der Waals surface area contributed by atoms with Crippen molar-refractivity contribution in [2.75, 3.05) is 37.6 Å². The van der Waals surface area contributed by atoms with Crippen LogP contribution in [0.4, 0.5) is 10.2 Å². The van der Waals surface area contributed by atoms with Gasteiger partial charge in [0.25, 0.3) is 0 Å². The Kier molecular flexibility index (Phi) is 5.33. The van der Waals surface area contributed by atoms with Crippen LogP contribution in [0.15, 0.2) is 48.5 Å². The minimum Gasteiger partial charge on any atom is -0.356 e. The summed E-state index contributed by atoms with van der Waals surface area (Å²) in [6.07, 6.45) is 2.58. The van der Waals surface area contributed by atoms with E-state index in [4.69, 9.17) is 4.98 Å². The number of carbonyl (C=O) groups excluding carboxylic acids is 1. The maximum absolute atomic E-state index is 14.6. The van der Waals surface area contributed by atoms with Crippen molar-refractivity contribution >= 4 is 28.3 Å². The molecule has 1 amide bonds. The highest BCUT2D eigenvalue weighted by Gasteiger charge is 2.28. The fraction of sp³-hybridized carbons (Fsp3) is 0.360. The standard InChI is InChI=1S/C25H26FN7O/c26-20-7-3-1-5-18(20)23-25-28-24(19-6-2-4-8-21(19)33(25)30-29-23)32-13-9-17(10-14-32)31-15-11-22(34)27-12-16-31/h1-8,17H,9-16H2,(H,27,34). The number of halogens is 1. The van der Waals surface area contributed by atoms with E-state index in [0.29, 0.717) is 29.4 Å². The lowest BCUT2D eigenvalue weighted by Gasteiger charge is -2.38. The van der Waals surface area contributed by atoms with Gasteiger partial charge in [-0.05, 0) is 37.1 Å². The molecule has 2 saturated heterocycles. The number of nitrogens with zero attached hydrogens (tertiary/aromatic N) is 6. The molecule has 2 aromatic heterocycles. The van der Waals surface area contributed by atoms with Crippen LogP contribution in [0.1, 0.15) is 19.3 Å². The van der Waals surface area contributed by atoms with Crippen LogP contribution in [0.5, 0.6) is 0 Å². The quantitative estimate of drug-likeness (QED) is 0.508. The van der Waals surface area contributed by atoms with Gasteiger partial charge in [-0.2, -0.15) is 4.52 Å². The third-order valence-electron chi connectivity index (χ3n) is 6.99. The minimum absolute atomic E-state index is 0.143. The topological polar surface area (TPSA) is 78.7 Å². The average molecular weight is 460 g/mol. The molecule has 34 heavy (non-hydrogen) atoms. The molecule has 4 aromatic rings. The van der Waals surface area contributed by atoms with Crippen molar-refractivity contribution in [1.29, 1.82) is 0 Å². The van der Waals surface area contributed by atoms with Crippen molar-refractivity contribution in [2.24, 2.45) is 0 Å². The Morgan fingerprint density at radius 2 is 1.76 bits per heavy atom. The number of fused-ring (bicyclic) bond motifs is 3. The van der Waals surface area contributed by atoms with Gasteiger partial charge in [0.05, 0.1) is 5.52 Å². The summed E-state index contributed by atoms with van der Waals surface area (Å²) in [7, 11) is 0. The zero-order valence-electron chi connectivity index (χ0n) is 18.8. The molecule has 0 bridgehead atoms. The Labute approximate surface area is 196 Å². The monoisotopic (exact) mass is 459 g/mol. The van der Waals surface area contributed by atoms with Gasteiger partial charge < -0.3 is 10.2 Å². The molecule has 2 fully saturated rings. The first kappa shape index (κ1) is 21.0. The van der Waals surface area contributed by atoms with E-state index in [0.717, 1.165) is 62.3 Å². The molecule has 6 rings (SSSR count). The molecule has 174 valence electrons. The van der Waals surface area contributed by atoms with E-state index in [-0.39, 0.29) is 11.7 Å². The molecular formula is C25H26FN7O. The fourth-order valence-corrected chi connectivity index (χ4v) is 5.21. The molecule has 0 unspecified atom stereocenters. The predicted octanol–water partition coefficient (Wildman–Crippen LogP) is 2.87. The molecule has 1 N–H and O–H groups in total. The number of aromatic nitrogens is 4. The number of para-hydroxylation sites is 1. The molecule has 8 nitrogen and oxygen atoms in total. The molecule has 0 aliphatic carbocycles. The summed E-state index contributed by atoms with van der Waals surface area (Å²) in [5.41, 5.74) is 2.30. The van der Waals surface area contributed by atoms with Crippen LogP contribution in [-0.2, 0) is 4.79 Å². The van der Waals surface area contributed by atoms with Gasteiger partial charge in [0.1, 0.15) is 17.3 Å². The largest absolute Gasteiger partial charge is 0.356 e. The first-order chi connectivity index (χ1) is 16.7. The lowest BCUT2D eigenvalue weighted by atomic mass is 10.0. The van der Waals surface area contributed by atoms with E-state index in [1.807, 2.05) is 18.2 Å². The number of anilines is 1. The minimum atomic E-state index is -0.340. The van der Waals surface area contributed by atoms with E-state index < -0.39 is 0 Å². The molecule has 2 aliphatic heterocycles. The van der Waals surface area contributed by atoms with Gasteiger partial charge in [0.2, 0.25) is 5.91 Å². The Hall–Kier alpha value is -3.59. The zero-order chi connectivity index (χ0) is 23.1. The first-order valence-corrected chi connectivity index (χ1v) is 11.8. The van der Waals surface area contributed by atoms with Crippen molar-refractivity contribution in [3.8, 4) is 11.3 Å². The number of benzene rings is 2. The highest BCUT2D eigenvalue weighted by molar-refractivity contribution is 5.93. The van der Waals surface area contributed by atoms with Crippen LogP contribution in [-0.4, -0.2) is 69.4 Å². The van der Waals surface area contributed by atoms with Gasteiger partial charge >= 0.3 is 0 Å². The second-order valence-electron chi connectivity index (χ2n) is 8.96. The number of hydrogen-bond donors (Lipinski definition) is 1. The van der Waals surface area contributed by atoms with Gasteiger partial charge in [-0.3, -0.25) is 9.69 Å². The van der Waals surface area contributed by atoms with E-state index >= 15 is 0 Å². The van der Waals surface area contributed by atoms with Crippen molar-refractivity contribution in [1.82, 2.24) is 30.0 Å². The summed E-state index contributed by atoms with van der Waals surface area (Å²) in [6.45, 7) is 4.17. The number of nitrogens with one attached hydrogen (secondary N) is 1. The molecule has 0 atom stereocenters. The highest BCUT2D eigenvalue weighted by Crippen LogP contribution is 2.32. The van der Waals surface area contributed by atoms with Crippen molar-refractivity contribution in [2.45, 2.75) is 25.3 Å². The lowest BCUT2D eigenvalue weighted by molar-refractivity contribution is -0.120. The Bertz CT molecular complexity index is 1360. The van der Waals surface area contributed by atoms with Crippen LogP contribution >= 0.6 is 0 Å². The average Bonchev–Trinajstić information content (AvgIpc) is 3.18. The third-order valence-corrected chi connectivity index (χ3v) is 6.99. The van der Waals surface area contributed by atoms with Gasteiger partial charge in [0.15, 0.2) is 5.65 Å². The van der Waals surface area contributed by atoms with Crippen molar-refractivity contribution in [3.63, 3.8) is 0 Å². The van der Waals surface area contributed by atoms with Gasteiger partial charge in [0, 0.05) is 56.1 Å². The molecule has 2 aromatic carbocycles. The molecule has 2 aliphatic rings. The van der Waals surface area contributed by atoms with Crippen LogP contribution < -0.4 is 10.2 Å². The number of hydrogen-bond acceptors (Lipinski definition) is 6. The van der Waals surface area contributed by atoms with Crippen molar-refractivity contribution < 1.29 is 9.18 Å². The van der Waals surface area contributed by atoms with Gasteiger partial charge in [-0.25, -0.2) is 9.37 Å². The van der Waals surface area contributed by atoms with E-state index in [1.54, 1.807) is 22.7 Å². The molecule has 0 radical (unpaired) electrons. The SMILES string of the molecule is O=C1CCN(C2CCN(c3nc4c(-c5ccccc5F)nnn4c4ccccc34)CC2)CCN1. The van der Waals surface area contributed by atoms with E-state index in [2.05, 4.69) is 31.5 Å². The fourth-order valence-electron chi connectivity index (χ4n) is 5.21. The second-order valence-corrected chi connectivity index (χ2v) is 8.96. The second kappa shape index (κ2) is 8.64. The van der Waals surface area contributed by atoms with Crippen LogP contribution in [0.25, 0.3) is 27.8 Å². The summed E-state index contributed by atoms with van der Waals surface area (Å²) < 4.78 is 16.3. The van der Waals surface area contributed by atoms with Gasteiger partial charge in [-0.1, -0.05) is 29.5 Å². The maximum Gasteiger partial charge on any atom is 0.221 e. The summed E-state index contributed by atoms with van der Waals surface area (Å²) in [5, 5.41) is 12.6. The smallest absolute Gasteiger partial charge is 0.221 e. The molecule has 9 heteroatoms. The highest BCUT2D eigenvalue weighted by atomic mass is 19.1. The van der Waals surface area contributed by atoms with Crippen LogP contribution in [0, 0.1) is 5.82 Å². The molecule has 0 saturated carbocycles. The maximum atomic E-state index is 14.6. The van der Waals surface area contributed by atoms with E-state index in [1.165, 1.54) is 6.07 Å². The summed E-state index contributed by atoms with van der Waals surface area (Å²) in [5.74, 6) is 0.686. The number of rotatable bonds is 3. The van der Waals surface area contributed by atoms with Crippen molar-refractivity contribution in [3.05, 3.63) is 54.3 Å². The summed E-state index contributed by atoms with van der Waals surface area (Å²) in [6, 6.07) is 15.1. The number of amides is 1. The third kappa shape index (κ3) is 3.66. The van der Waals surface area contributed by atoms with Crippen LogP contribution in [0.3, 0.4) is 0 Å².